The van der Waals surface area contributed by atoms with Crippen LogP contribution in [-0.4, -0.2) is 13.1 Å². The largest absolute Gasteiger partial charge is 0.466 e. The Kier molecular flexibility index (Phi) is 6.13. The Bertz CT molecular complexity index is 966. The van der Waals surface area contributed by atoms with Crippen LogP contribution in [0.3, 0.4) is 0 Å². The van der Waals surface area contributed by atoms with Gasteiger partial charge in [-0.3, -0.25) is 4.57 Å². The van der Waals surface area contributed by atoms with Crippen molar-refractivity contribution >= 4 is 29.7 Å². The van der Waals surface area contributed by atoms with Crippen LogP contribution in [0.25, 0.3) is 5.76 Å². The van der Waals surface area contributed by atoms with Crippen LogP contribution in [0.1, 0.15) is 11.1 Å². The van der Waals surface area contributed by atoms with Crippen molar-refractivity contribution in [3.05, 3.63) is 102 Å². The van der Waals surface area contributed by atoms with Crippen molar-refractivity contribution in [2.75, 3.05) is 7.11 Å². The highest BCUT2D eigenvalue weighted by molar-refractivity contribution is 7.74. The second-order valence-electron chi connectivity index (χ2n) is 6.21. The molecule has 142 valence electrons. The lowest BCUT2D eigenvalue weighted by molar-refractivity contribution is -0.134. The zero-order valence-electron chi connectivity index (χ0n) is 15.7. The van der Waals surface area contributed by atoms with Crippen LogP contribution in [0.2, 0.25) is 0 Å². The van der Waals surface area contributed by atoms with Gasteiger partial charge in [0.1, 0.15) is 5.76 Å². The van der Waals surface area contributed by atoms with Gasteiger partial charge in [0.05, 0.1) is 23.8 Å². The quantitative estimate of drug-likeness (QED) is 0.269. The van der Waals surface area contributed by atoms with Gasteiger partial charge in [0.15, 0.2) is 0 Å². The Balaban J connectivity index is 2.13. The summed E-state index contributed by atoms with van der Waals surface area (Å²) in [6.07, 6.45) is 1.23. The molecule has 0 amide bonds. The molecule has 0 aliphatic rings. The smallest absolute Gasteiger partial charge is 0.334 e. The van der Waals surface area contributed by atoms with Crippen LogP contribution in [0.15, 0.2) is 91.0 Å². The summed E-state index contributed by atoms with van der Waals surface area (Å²) in [5, 5.41) is 1.09. The van der Waals surface area contributed by atoms with E-state index in [0.29, 0.717) is 16.2 Å². The monoisotopic (exact) mass is 392 g/mol. The number of esters is 1. The number of hydrogen-bond acceptors (Lipinski definition) is 4. The molecule has 3 rings (SSSR count). The molecule has 0 aliphatic heterocycles. The molecule has 0 aromatic heterocycles. The first-order valence-electron chi connectivity index (χ1n) is 8.80. The summed E-state index contributed by atoms with van der Waals surface area (Å²) in [5.74, 6) is -0.383. The lowest BCUT2D eigenvalue weighted by atomic mass is 10.1. The van der Waals surface area contributed by atoms with Gasteiger partial charge in [-0.15, -0.1) is 0 Å². The fourth-order valence-electron chi connectivity index (χ4n) is 2.69. The van der Waals surface area contributed by atoms with Crippen molar-refractivity contribution in [2.24, 2.45) is 0 Å². The van der Waals surface area contributed by atoms with Gasteiger partial charge in [0.25, 0.3) is 0 Å². The molecule has 3 aromatic rings. The molecule has 0 fully saturated rings. The lowest BCUT2D eigenvalue weighted by Crippen LogP contribution is -2.18. The van der Waals surface area contributed by atoms with Gasteiger partial charge in [0.2, 0.25) is 0 Å². The van der Waals surface area contributed by atoms with Crippen molar-refractivity contribution in [3.8, 4) is 0 Å². The average Bonchev–Trinajstić information content (AvgIpc) is 2.75. The van der Waals surface area contributed by atoms with Crippen molar-refractivity contribution in [2.45, 2.75) is 6.92 Å². The molecule has 0 heterocycles. The molecule has 0 unspecified atom stereocenters. The molecule has 4 nitrogen and oxygen atoms in total. The summed E-state index contributed by atoms with van der Waals surface area (Å²) in [5.41, 5.74) is 1.71. The molecule has 0 saturated heterocycles. The first kappa shape index (κ1) is 19.7. The minimum absolute atomic E-state index is 0.197. The van der Waals surface area contributed by atoms with Crippen molar-refractivity contribution < 1.29 is 18.6 Å². The van der Waals surface area contributed by atoms with Crippen LogP contribution in [0.5, 0.6) is 0 Å². The highest BCUT2D eigenvalue weighted by Crippen LogP contribution is 2.48. The van der Waals surface area contributed by atoms with Gasteiger partial charge in [-0.1, -0.05) is 66.2 Å². The molecule has 0 bridgehead atoms. The normalized spacial score (nSPS) is 11.7. The van der Waals surface area contributed by atoms with Crippen LogP contribution in [0, 0.1) is 6.92 Å². The number of carbonyl (C=O) groups is 1. The molecule has 0 spiro atoms. The first-order chi connectivity index (χ1) is 13.5. The van der Waals surface area contributed by atoms with Crippen molar-refractivity contribution in [1.82, 2.24) is 0 Å². The number of rotatable bonds is 6. The van der Waals surface area contributed by atoms with E-state index in [1.54, 1.807) is 24.3 Å². The van der Waals surface area contributed by atoms with Crippen LogP contribution < -0.4 is 10.6 Å². The van der Waals surface area contributed by atoms with E-state index in [2.05, 4.69) is 0 Å². The predicted octanol–water partition coefficient (Wildman–Crippen LogP) is 4.45. The van der Waals surface area contributed by atoms with Crippen LogP contribution in [-0.2, 0) is 18.6 Å². The Morgan fingerprint density at radius 2 is 1.32 bits per heavy atom. The van der Waals surface area contributed by atoms with Crippen molar-refractivity contribution in [1.29, 1.82) is 0 Å². The van der Waals surface area contributed by atoms with E-state index in [1.807, 2.05) is 67.6 Å². The van der Waals surface area contributed by atoms with E-state index in [9.17, 15) is 9.36 Å². The molecule has 0 radical (unpaired) electrons. The van der Waals surface area contributed by atoms with E-state index >= 15 is 0 Å². The standard InChI is InChI=1S/C23H21O4P/c1-18-13-15-19(16-14-18)22(17-23(24)26-2)27-28(25,20-9-5-3-6-10-20)21-11-7-4-8-12-21/h3-17H,1-2H3/b22-17-. The van der Waals surface area contributed by atoms with Gasteiger partial charge in [-0.05, 0) is 31.2 Å². The Labute approximate surface area is 164 Å². The van der Waals surface area contributed by atoms with Gasteiger partial charge < -0.3 is 9.26 Å². The summed E-state index contributed by atoms with van der Waals surface area (Å²) in [7, 11) is -2.21. The number of methoxy groups -OCH3 is 1. The maximum atomic E-state index is 14.1. The molecule has 0 N–H and O–H groups in total. The first-order valence-corrected chi connectivity index (χ1v) is 10.4. The summed E-state index contributed by atoms with van der Waals surface area (Å²) < 4.78 is 25.0. The highest BCUT2D eigenvalue weighted by atomic mass is 31.2. The van der Waals surface area contributed by atoms with Crippen LogP contribution >= 0.6 is 7.37 Å². The Morgan fingerprint density at radius 1 is 0.821 bits per heavy atom. The summed E-state index contributed by atoms with van der Waals surface area (Å²) >= 11 is 0. The van der Waals surface area contributed by atoms with E-state index < -0.39 is 13.3 Å². The molecule has 28 heavy (non-hydrogen) atoms. The highest BCUT2D eigenvalue weighted by Gasteiger charge is 2.31. The second kappa shape index (κ2) is 8.73. The number of carbonyl (C=O) groups excluding carboxylic acids is 1. The maximum absolute atomic E-state index is 14.1. The third kappa shape index (κ3) is 4.41. The minimum Gasteiger partial charge on any atom is -0.466 e. The number of benzene rings is 3. The Morgan fingerprint density at radius 3 is 1.79 bits per heavy atom. The molecule has 5 heteroatoms. The SMILES string of the molecule is COC(=O)/C=C(\OP(=O)(c1ccccc1)c1ccccc1)c1ccc(C)cc1. The van der Waals surface area contributed by atoms with Crippen LogP contribution in [0.4, 0.5) is 0 Å². The third-order valence-electron chi connectivity index (χ3n) is 4.21. The molecular weight excluding hydrogens is 371 g/mol. The molecular formula is C23H21O4P. The van der Waals surface area contributed by atoms with E-state index in [-0.39, 0.29) is 5.76 Å². The zero-order valence-corrected chi connectivity index (χ0v) is 16.6. The summed E-state index contributed by atoms with van der Waals surface area (Å²) in [4.78, 5) is 12.0. The number of ether oxygens (including phenoxy) is 1. The minimum atomic E-state index is -3.50. The number of aryl methyl sites for hydroxylation is 1. The molecule has 0 atom stereocenters. The Hall–Kier alpha value is -3.10. The number of hydrogen-bond donors (Lipinski definition) is 0. The predicted molar refractivity (Wildman–Crippen MR) is 112 cm³/mol. The van der Waals surface area contributed by atoms with Crippen molar-refractivity contribution in [3.63, 3.8) is 0 Å². The molecule has 0 aliphatic carbocycles. The summed E-state index contributed by atoms with van der Waals surface area (Å²) in [6.45, 7) is 1.97. The molecule has 0 saturated carbocycles. The fourth-order valence-corrected chi connectivity index (χ4v) is 4.76. The van der Waals surface area contributed by atoms with E-state index in [1.165, 1.54) is 13.2 Å². The van der Waals surface area contributed by atoms with Gasteiger partial charge in [0, 0.05) is 5.56 Å². The zero-order chi connectivity index (χ0) is 20.0. The van der Waals surface area contributed by atoms with Gasteiger partial charge >= 0.3 is 13.3 Å². The topological polar surface area (TPSA) is 52.6 Å². The van der Waals surface area contributed by atoms with E-state index in [0.717, 1.165) is 5.56 Å². The third-order valence-corrected chi connectivity index (χ3v) is 6.62. The molecule has 3 aromatic carbocycles. The van der Waals surface area contributed by atoms with E-state index in [4.69, 9.17) is 9.26 Å². The summed E-state index contributed by atoms with van der Waals surface area (Å²) in [6, 6.07) is 25.4. The fraction of sp³-hybridized carbons (Fsp3) is 0.0870. The average molecular weight is 392 g/mol. The second-order valence-corrected chi connectivity index (χ2v) is 8.53. The lowest BCUT2D eigenvalue weighted by Gasteiger charge is -2.22. The maximum Gasteiger partial charge on any atom is 0.334 e. The van der Waals surface area contributed by atoms with Gasteiger partial charge in [-0.2, -0.15) is 0 Å². The van der Waals surface area contributed by atoms with Gasteiger partial charge in [-0.25, -0.2) is 4.79 Å².